The van der Waals surface area contributed by atoms with E-state index < -0.39 is 0 Å². The van der Waals surface area contributed by atoms with Gasteiger partial charge in [0.15, 0.2) is 11.4 Å². The van der Waals surface area contributed by atoms with Crippen LogP contribution >= 0.6 is 0 Å². The van der Waals surface area contributed by atoms with Crippen molar-refractivity contribution in [3.8, 4) is 41.1 Å². The van der Waals surface area contributed by atoms with Crippen LogP contribution in [0.3, 0.4) is 0 Å². The van der Waals surface area contributed by atoms with Crippen molar-refractivity contribution < 1.29 is 26.7 Å². The van der Waals surface area contributed by atoms with Gasteiger partial charge in [-0.1, -0.05) is 84.9 Å². The molecule has 0 amide bonds. The zero-order valence-corrected chi connectivity index (χ0v) is 33.0. The SMILES string of the molecule is CC#N.CC#N.CC#N.Cc1c(N=Cc2ccccc2[O-])c(=O)n(-c2ccccc2)n1C.Cc1c(N=Cc2ccccc2[O-])c(=O)n(-c2ccccc2)n1C.[Ni+2]. The van der Waals surface area contributed by atoms with E-state index in [-0.39, 0.29) is 39.1 Å². The molecule has 14 heteroatoms. The van der Waals surface area contributed by atoms with Gasteiger partial charge in [-0.3, -0.25) is 19.0 Å². The standard InChI is InChI=1S/2C18H17N3O2.3C2H3N.Ni/c2*1-13-17(19-12-14-8-6-7-11-16(14)22)18(23)21(20(13)2)15-9-4-3-5-10-15;3*1-2-3;/h2*3-12,22H,1-2H3;3*1H3;/q;;;;;+2/p-2. The van der Waals surface area contributed by atoms with Crippen molar-refractivity contribution in [2.45, 2.75) is 34.6 Å². The van der Waals surface area contributed by atoms with Gasteiger partial charge in [0.2, 0.25) is 0 Å². The van der Waals surface area contributed by atoms with Crippen LogP contribution < -0.4 is 21.3 Å². The molecule has 13 nitrogen and oxygen atoms in total. The summed E-state index contributed by atoms with van der Waals surface area (Å²) >= 11 is 0. The van der Waals surface area contributed by atoms with E-state index in [1.165, 1.54) is 45.3 Å². The van der Waals surface area contributed by atoms with Crippen molar-refractivity contribution >= 4 is 23.8 Å². The molecule has 6 rings (SSSR count). The van der Waals surface area contributed by atoms with Crippen LogP contribution in [-0.4, -0.2) is 31.2 Å². The Labute approximate surface area is 336 Å². The molecule has 4 aromatic carbocycles. The van der Waals surface area contributed by atoms with Crippen molar-refractivity contribution in [1.29, 1.82) is 15.8 Å². The van der Waals surface area contributed by atoms with Crippen molar-refractivity contribution in [3.63, 3.8) is 0 Å². The van der Waals surface area contributed by atoms with Crippen molar-refractivity contribution in [3.05, 3.63) is 152 Å². The van der Waals surface area contributed by atoms with Crippen LogP contribution in [0.15, 0.2) is 129 Å². The number of nitriles is 3. The minimum Gasteiger partial charge on any atom is -0.872 e. The summed E-state index contributed by atoms with van der Waals surface area (Å²) in [7, 11) is 3.62. The predicted octanol–water partition coefficient (Wildman–Crippen LogP) is 6.20. The Balaban J connectivity index is 0.000000456. The Morgan fingerprint density at radius 3 is 1.09 bits per heavy atom. The molecular weight excluding hydrogens is 753 g/mol. The third-order valence-corrected chi connectivity index (χ3v) is 7.55. The Hall–Kier alpha value is -7.20. The number of nitrogens with zero attached hydrogens (tertiary/aromatic N) is 9. The van der Waals surface area contributed by atoms with E-state index >= 15 is 0 Å². The van der Waals surface area contributed by atoms with Gasteiger partial charge >= 0.3 is 16.5 Å². The molecule has 0 unspecified atom stereocenters. The molecule has 0 N–H and O–H groups in total. The first kappa shape index (κ1) is 46.8. The van der Waals surface area contributed by atoms with Crippen LogP contribution in [0.1, 0.15) is 43.3 Å². The molecule has 2 aromatic heterocycles. The van der Waals surface area contributed by atoms with E-state index in [0.717, 1.165) is 22.8 Å². The van der Waals surface area contributed by atoms with Crippen LogP contribution in [-0.2, 0) is 30.6 Å². The first-order chi connectivity index (χ1) is 26.4. The summed E-state index contributed by atoms with van der Waals surface area (Å²) in [5.74, 6) is -0.235. The van der Waals surface area contributed by atoms with E-state index in [4.69, 9.17) is 15.8 Å². The second-order valence-electron chi connectivity index (χ2n) is 11.1. The van der Waals surface area contributed by atoms with Crippen molar-refractivity contribution in [1.82, 2.24) is 18.7 Å². The number of para-hydroxylation sites is 4. The minimum absolute atomic E-state index is 0. The summed E-state index contributed by atoms with van der Waals surface area (Å²) in [6.45, 7) is 7.95. The van der Waals surface area contributed by atoms with Gasteiger partial charge in [-0.15, -0.1) is 11.5 Å². The van der Waals surface area contributed by atoms with Crippen LogP contribution in [0.25, 0.3) is 11.4 Å². The van der Waals surface area contributed by atoms with Gasteiger partial charge in [0, 0.05) is 47.3 Å². The fourth-order valence-corrected chi connectivity index (χ4v) is 4.85. The molecule has 0 saturated heterocycles. The number of hydrogen-bond donors (Lipinski definition) is 0. The van der Waals surface area contributed by atoms with Crippen LogP contribution in [0.4, 0.5) is 11.4 Å². The summed E-state index contributed by atoms with van der Waals surface area (Å²) in [5, 5.41) is 45.4. The maximum atomic E-state index is 12.7. The molecule has 56 heavy (non-hydrogen) atoms. The maximum Gasteiger partial charge on any atom is 2.00 e. The molecule has 0 saturated carbocycles. The van der Waals surface area contributed by atoms with E-state index in [0.29, 0.717) is 22.5 Å². The average Bonchev–Trinajstić information content (AvgIpc) is 3.53. The Morgan fingerprint density at radius 1 is 0.536 bits per heavy atom. The third-order valence-electron chi connectivity index (χ3n) is 7.55. The summed E-state index contributed by atoms with van der Waals surface area (Å²) in [4.78, 5) is 33.9. The fourth-order valence-electron chi connectivity index (χ4n) is 4.85. The fraction of sp³-hybridized carbons (Fsp3) is 0.167. The van der Waals surface area contributed by atoms with E-state index in [9.17, 15) is 19.8 Å². The normalized spacial score (nSPS) is 9.64. The predicted molar refractivity (Wildman–Crippen MR) is 212 cm³/mol. The molecule has 0 aliphatic rings. The summed E-state index contributed by atoms with van der Waals surface area (Å²) in [6.07, 6.45) is 2.89. The number of rotatable bonds is 6. The second-order valence-corrected chi connectivity index (χ2v) is 11.1. The van der Waals surface area contributed by atoms with Gasteiger partial charge in [0.1, 0.15) is 0 Å². The van der Waals surface area contributed by atoms with Crippen molar-refractivity contribution in [2.75, 3.05) is 0 Å². The second kappa shape index (κ2) is 24.2. The number of aliphatic imine (C=N–C) groups is 2. The maximum absolute atomic E-state index is 12.7. The van der Waals surface area contributed by atoms with E-state index in [1.54, 1.807) is 73.3 Å². The molecule has 0 fully saturated rings. The topological polar surface area (TPSA) is 196 Å². The quantitative estimate of drug-likeness (QED) is 0.141. The largest absolute Gasteiger partial charge is 2.00 e. The Kier molecular flexibility index (Phi) is 20.2. The van der Waals surface area contributed by atoms with Gasteiger partial charge in [-0.2, -0.15) is 15.8 Å². The zero-order chi connectivity index (χ0) is 40.9. The van der Waals surface area contributed by atoms with Crippen LogP contribution in [0.2, 0.25) is 0 Å². The molecular formula is C42H41N9NiO4. The summed E-state index contributed by atoms with van der Waals surface area (Å²) < 4.78 is 6.64. The molecule has 288 valence electrons. The first-order valence-corrected chi connectivity index (χ1v) is 16.6. The Morgan fingerprint density at radius 2 is 0.804 bits per heavy atom. The molecule has 0 aliphatic heterocycles. The van der Waals surface area contributed by atoms with Gasteiger partial charge in [-0.25, -0.2) is 19.3 Å². The van der Waals surface area contributed by atoms with Crippen LogP contribution in [0.5, 0.6) is 11.5 Å². The van der Waals surface area contributed by atoms with Gasteiger partial charge in [0.25, 0.3) is 11.1 Å². The summed E-state index contributed by atoms with van der Waals surface area (Å²) in [5.41, 5.74) is 4.17. The van der Waals surface area contributed by atoms with E-state index in [1.807, 2.05) is 88.6 Å². The molecule has 0 bridgehead atoms. The molecule has 0 spiro atoms. The van der Waals surface area contributed by atoms with Crippen molar-refractivity contribution in [2.24, 2.45) is 24.1 Å². The average molecular weight is 795 g/mol. The molecule has 6 aromatic rings. The van der Waals surface area contributed by atoms with Crippen LogP contribution in [0, 0.1) is 47.8 Å². The smallest absolute Gasteiger partial charge is 0.872 e. The molecule has 0 atom stereocenters. The summed E-state index contributed by atoms with van der Waals surface area (Å²) in [6, 6.07) is 37.2. The molecule has 2 heterocycles. The first-order valence-electron chi connectivity index (χ1n) is 16.6. The third kappa shape index (κ3) is 12.5. The molecule has 0 aliphatic carbocycles. The Bertz CT molecular complexity index is 2280. The molecule has 0 radical (unpaired) electrons. The zero-order valence-electron chi connectivity index (χ0n) is 32.0. The van der Waals surface area contributed by atoms with E-state index in [2.05, 4.69) is 9.98 Å². The van der Waals surface area contributed by atoms with Gasteiger partial charge in [0.05, 0.1) is 41.0 Å². The monoisotopic (exact) mass is 793 g/mol. The van der Waals surface area contributed by atoms with Gasteiger partial charge < -0.3 is 10.2 Å². The number of aromatic nitrogens is 4. The number of benzene rings is 4. The minimum atomic E-state index is -0.212. The van der Waals surface area contributed by atoms with Gasteiger partial charge in [-0.05, 0) is 49.2 Å². The number of hydrogen-bond acceptors (Lipinski definition) is 9.